The van der Waals surface area contributed by atoms with Crippen LogP contribution in [0.5, 0.6) is 0 Å². The summed E-state index contributed by atoms with van der Waals surface area (Å²) in [5.74, 6) is 0. The second-order valence-electron chi connectivity index (χ2n) is 5.10. The van der Waals surface area contributed by atoms with E-state index in [0.29, 0.717) is 0 Å². The van der Waals surface area contributed by atoms with Gasteiger partial charge in [-0.1, -0.05) is 6.07 Å². The van der Waals surface area contributed by atoms with Crippen LogP contribution in [0.1, 0.15) is 12.0 Å². The summed E-state index contributed by atoms with van der Waals surface area (Å²) in [5.41, 5.74) is 1.17. The topological polar surface area (TPSA) is 39.6 Å². The van der Waals surface area contributed by atoms with Crippen molar-refractivity contribution in [2.45, 2.75) is 18.5 Å². The number of likely N-dealkylation sites (tertiary alicyclic amines) is 1. The van der Waals surface area contributed by atoms with Crippen molar-refractivity contribution in [1.82, 2.24) is 14.8 Å². The molecular weight excluding hydrogens is 214 g/mol. The maximum Gasteiger partial charge on any atom is 0.0628 e. The summed E-state index contributed by atoms with van der Waals surface area (Å²) >= 11 is 0. The molecule has 1 aliphatic heterocycles. The second-order valence-corrected chi connectivity index (χ2v) is 5.10. The molecule has 0 aliphatic carbocycles. The Morgan fingerprint density at radius 3 is 2.88 bits per heavy atom. The van der Waals surface area contributed by atoms with Gasteiger partial charge < -0.3 is 10.0 Å². The van der Waals surface area contributed by atoms with Gasteiger partial charge in [0.05, 0.1) is 12.1 Å². The molecule has 0 radical (unpaired) electrons. The van der Waals surface area contributed by atoms with E-state index in [0.717, 1.165) is 26.1 Å². The maximum absolute atomic E-state index is 9.59. The fourth-order valence-corrected chi connectivity index (χ4v) is 2.46. The Balaban J connectivity index is 1.98. The number of nitrogens with zero attached hydrogens (tertiary/aromatic N) is 3. The van der Waals surface area contributed by atoms with E-state index < -0.39 is 0 Å². The van der Waals surface area contributed by atoms with Crippen molar-refractivity contribution in [2.24, 2.45) is 0 Å². The number of aliphatic hydroxyl groups is 1. The predicted octanol–water partition coefficient (Wildman–Crippen LogP) is 0.580. The summed E-state index contributed by atoms with van der Waals surface area (Å²) < 4.78 is 0. The lowest BCUT2D eigenvalue weighted by molar-refractivity contribution is 0.0736. The number of aliphatic hydroxyl groups excluding tert-OH is 1. The van der Waals surface area contributed by atoms with Gasteiger partial charge in [-0.3, -0.25) is 9.88 Å². The normalized spacial score (nSPS) is 25.6. The Morgan fingerprint density at radius 2 is 2.35 bits per heavy atom. The van der Waals surface area contributed by atoms with Gasteiger partial charge in [-0.15, -0.1) is 0 Å². The van der Waals surface area contributed by atoms with Gasteiger partial charge in [-0.25, -0.2) is 0 Å². The molecule has 1 atom stereocenters. The van der Waals surface area contributed by atoms with E-state index in [1.54, 1.807) is 6.20 Å². The fourth-order valence-electron chi connectivity index (χ4n) is 2.46. The molecule has 1 aliphatic rings. The highest BCUT2D eigenvalue weighted by Gasteiger charge is 2.39. The molecule has 0 bridgehead atoms. The Kier molecular flexibility index (Phi) is 3.76. The lowest BCUT2D eigenvalue weighted by atomic mass is 9.99. The molecule has 2 heterocycles. The summed E-state index contributed by atoms with van der Waals surface area (Å²) in [6.07, 6.45) is 4.73. The molecule has 2 rings (SSSR count). The number of likely N-dealkylation sites (N-methyl/N-ethyl adjacent to an activating group) is 1. The summed E-state index contributed by atoms with van der Waals surface area (Å²) in [5, 5.41) is 9.59. The van der Waals surface area contributed by atoms with E-state index in [1.165, 1.54) is 5.56 Å². The molecule has 1 unspecified atom stereocenters. The first-order valence-corrected chi connectivity index (χ1v) is 6.06. The van der Waals surface area contributed by atoms with Crippen LogP contribution in [0, 0.1) is 0 Å². The van der Waals surface area contributed by atoms with E-state index in [9.17, 15) is 5.11 Å². The van der Waals surface area contributed by atoms with Crippen molar-refractivity contribution >= 4 is 0 Å². The first-order chi connectivity index (χ1) is 8.16. The highest BCUT2D eigenvalue weighted by atomic mass is 16.3. The molecule has 1 saturated heterocycles. The minimum absolute atomic E-state index is 0.0673. The highest BCUT2D eigenvalue weighted by molar-refractivity contribution is 5.09. The molecule has 0 amide bonds. The number of hydrogen-bond donors (Lipinski definition) is 1. The van der Waals surface area contributed by atoms with Crippen LogP contribution < -0.4 is 0 Å². The molecule has 1 aromatic rings. The minimum atomic E-state index is -0.0673. The Labute approximate surface area is 103 Å². The van der Waals surface area contributed by atoms with Crippen LogP contribution in [0.15, 0.2) is 24.5 Å². The first-order valence-electron chi connectivity index (χ1n) is 6.06. The van der Waals surface area contributed by atoms with Crippen LogP contribution in [0.4, 0.5) is 0 Å². The van der Waals surface area contributed by atoms with Gasteiger partial charge in [0, 0.05) is 32.0 Å². The first kappa shape index (κ1) is 12.5. The molecule has 0 spiro atoms. The van der Waals surface area contributed by atoms with E-state index in [2.05, 4.69) is 20.9 Å². The maximum atomic E-state index is 9.59. The zero-order chi connectivity index (χ0) is 12.3. The molecule has 4 heteroatoms. The van der Waals surface area contributed by atoms with Crippen LogP contribution in [0.25, 0.3) is 0 Å². The molecular formula is C13H21N3O. The predicted molar refractivity (Wildman–Crippen MR) is 67.6 cm³/mol. The smallest absolute Gasteiger partial charge is 0.0628 e. The van der Waals surface area contributed by atoms with E-state index in [1.807, 2.05) is 26.4 Å². The molecule has 1 aromatic heterocycles. The quantitative estimate of drug-likeness (QED) is 0.828. The number of hydrogen-bond acceptors (Lipinski definition) is 4. The number of pyridine rings is 1. The number of aromatic nitrogens is 1. The van der Waals surface area contributed by atoms with Gasteiger partial charge in [0.25, 0.3) is 0 Å². The van der Waals surface area contributed by atoms with Crippen molar-refractivity contribution in [2.75, 3.05) is 33.8 Å². The van der Waals surface area contributed by atoms with Gasteiger partial charge in [0.1, 0.15) is 0 Å². The van der Waals surface area contributed by atoms with Gasteiger partial charge in [-0.2, -0.15) is 0 Å². The monoisotopic (exact) mass is 235 g/mol. The van der Waals surface area contributed by atoms with Crippen molar-refractivity contribution in [3.8, 4) is 0 Å². The standard InChI is InChI=1S/C13H21N3O/c1-15(2)13(11-17)5-7-16(10-13)9-12-4-3-6-14-8-12/h3-4,6,8,17H,5,7,9-11H2,1-2H3. The third kappa shape index (κ3) is 2.65. The second kappa shape index (κ2) is 5.12. The zero-order valence-corrected chi connectivity index (χ0v) is 10.6. The molecule has 0 aromatic carbocycles. The lowest BCUT2D eigenvalue weighted by Gasteiger charge is -2.34. The van der Waals surface area contributed by atoms with E-state index >= 15 is 0 Å². The van der Waals surface area contributed by atoms with Gasteiger partial charge in [0.15, 0.2) is 0 Å². The molecule has 4 nitrogen and oxygen atoms in total. The third-order valence-electron chi connectivity index (χ3n) is 3.78. The van der Waals surface area contributed by atoms with Gasteiger partial charge >= 0.3 is 0 Å². The van der Waals surface area contributed by atoms with Crippen LogP contribution in [-0.2, 0) is 6.54 Å². The third-order valence-corrected chi connectivity index (χ3v) is 3.78. The summed E-state index contributed by atoms with van der Waals surface area (Å²) in [6, 6.07) is 4.07. The fraction of sp³-hybridized carbons (Fsp3) is 0.615. The van der Waals surface area contributed by atoms with Crippen molar-refractivity contribution < 1.29 is 5.11 Å². The molecule has 17 heavy (non-hydrogen) atoms. The molecule has 1 fully saturated rings. The van der Waals surface area contributed by atoms with Crippen molar-refractivity contribution in [3.05, 3.63) is 30.1 Å². The van der Waals surface area contributed by atoms with Gasteiger partial charge in [0.2, 0.25) is 0 Å². The summed E-state index contributed by atoms with van der Waals surface area (Å²) in [4.78, 5) is 8.66. The Hall–Kier alpha value is -0.970. The zero-order valence-electron chi connectivity index (χ0n) is 10.6. The SMILES string of the molecule is CN(C)C1(CO)CCN(Cc2cccnc2)C1. The van der Waals surface area contributed by atoms with Crippen LogP contribution in [-0.4, -0.2) is 59.2 Å². The largest absolute Gasteiger partial charge is 0.394 e. The average Bonchev–Trinajstić information content (AvgIpc) is 2.75. The molecule has 0 saturated carbocycles. The van der Waals surface area contributed by atoms with Gasteiger partial charge in [-0.05, 0) is 32.1 Å². The highest BCUT2D eigenvalue weighted by Crippen LogP contribution is 2.26. The molecule has 1 N–H and O–H groups in total. The Bertz CT molecular complexity index is 355. The minimum Gasteiger partial charge on any atom is -0.394 e. The summed E-state index contributed by atoms with van der Waals surface area (Å²) in [7, 11) is 4.09. The van der Waals surface area contributed by atoms with Crippen molar-refractivity contribution in [3.63, 3.8) is 0 Å². The van der Waals surface area contributed by atoms with E-state index in [-0.39, 0.29) is 12.1 Å². The summed E-state index contributed by atoms with van der Waals surface area (Å²) in [6.45, 7) is 3.10. The van der Waals surface area contributed by atoms with Crippen LogP contribution in [0.3, 0.4) is 0 Å². The lowest BCUT2D eigenvalue weighted by Crippen LogP contribution is -2.49. The van der Waals surface area contributed by atoms with E-state index in [4.69, 9.17) is 0 Å². The Morgan fingerprint density at radius 1 is 1.53 bits per heavy atom. The average molecular weight is 235 g/mol. The van der Waals surface area contributed by atoms with Crippen LogP contribution in [0.2, 0.25) is 0 Å². The molecule has 94 valence electrons. The van der Waals surface area contributed by atoms with Crippen molar-refractivity contribution in [1.29, 1.82) is 0 Å². The number of rotatable bonds is 4. The van der Waals surface area contributed by atoms with Crippen LogP contribution >= 0.6 is 0 Å².